The van der Waals surface area contributed by atoms with E-state index in [4.69, 9.17) is 8.83 Å². The van der Waals surface area contributed by atoms with Gasteiger partial charge in [0.05, 0.1) is 11.0 Å². The van der Waals surface area contributed by atoms with E-state index >= 15 is 0 Å². The molecule has 0 unspecified atom stereocenters. The van der Waals surface area contributed by atoms with E-state index in [0.29, 0.717) is 0 Å². The summed E-state index contributed by atoms with van der Waals surface area (Å²) in [4.78, 5) is 0. The van der Waals surface area contributed by atoms with E-state index < -0.39 is 0 Å². The Hall–Kier alpha value is -13.6. The van der Waals surface area contributed by atoms with Crippen molar-refractivity contribution < 1.29 is 8.83 Å². The third-order valence-corrected chi connectivity index (χ3v) is 21.5. The largest absolute Gasteiger partial charge is 0.456 e. The predicted molar refractivity (Wildman–Crippen MR) is 433 cm³/mol. The molecule has 21 rings (SSSR count). The second-order valence-corrected chi connectivity index (χ2v) is 27.1. The first-order valence-corrected chi connectivity index (χ1v) is 35.5. The zero-order chi connectivity index (χ0) is 67.6. The number of rotatable bonds is 11. The average molecular weight is 1310 g/mol. The maximum Gasteiger partial charge on any atom is 0.137 e. The Bertz CT molecular complexity index is 6910. The fourth-order valence-electron chi connectivity index (χ4n) is 17.3. The summed E-state index contributed by atoms with van der Waals surface area (Å²) in [7, 11) is 0. The number of para-hydroxylation sites is 2. The highest BCUT2D eigenvalue weighted by molar-refractivity contribution is 6.46. The maximum absolute atomic E-state index is 6.91. The number of hydrogen-bond acceptors (Lipinski definition) is 2. The van der Waals surface area contributed by atoms with Gasteiger partial charge < -0.3 is 13.4 Å². The van der Waals surface area contributed by atoms with Gasteiger partial charge in [0, 0.05) is 44.4 Å². The molecule has 3 nitrogen and oxygen atoms in total. The van der Waals surface area contributed by atoms with Gasteiger partial charge >= 0.3 is 0 Å². The molecular formula is C100H61NO2. The zero-order valence-corrected chi connectivity index (χ0v) is 56.0. The summed E-state index contributed by atoms with van der Waals surface area (Å²) in [5.74, 6) is 1.62. The van der Waals surface area contributed by atoms with Gasteiger partial charge in [-0.05, 0) is 191 Å². The molecule has 0 atom stereocenters. The van der Waals surface area contributed by atoms with Gasteiger partial charge in [-0.15, -0.1) is 0 Å². The van der Waals surface area contributed by atoms with Gasteiger partial charge in [0.15, 0.2) is 0 Å². The number of aromatic nitrogens is 1. The van der Waals surface area contributed by atoms with Gasteiger partial charge in [0.2, 0.25) is 0 Å². The van der Waals surface area contributed by atoms with Gasteiger partial charge in [-0.1, -0.05) is 315 Å². The maximum atomic E-state index is 6.91. The first-order chi connectivity index (χ1) is 51.2. The summed E-state index contributed by atoms with van der Waals surface area (Å²) in [5.41, 5.74) is 25.4. The minimum Gasteiger partial charge on any atom is -0.456 e. The molecule has 3 aromatic heterocycles. The van der Waals surface area contributed by atoms with Crippen molar-refractivity contribution in [3.05, 3.63) is 370 Å². The molecule has 3 heterocycles. The highest BCUT2D eigenvalue weighted by Crippen LogP contribution is 2.60. The van der Waals surface area contributed by atoms with Crippen LogP contribution in [0.15, 0.2) is 379 Å². The molecule has 21 aromatic rings. The second-order valence-electron chi connectivity index (χ2n) is 27.1. The summed E-state index contributed by atoms with van der Waals surface area (Å²) >= 11 is 0. The Morgan fingerprint density at radius 1 is 0.165 bits per heavy atom. The van der Waals surface area contributed by atoms with Gasteiger partial charge in [-0.2, -0.15) is 0 Å². The van der Waals surface area contributed by atoms with Crippen LogP contribution < -0.4 is 0 Å². The molecule has 0 aliphatic carbocycles. The van der Waals surface area contributed by atoms with Crippen molar-refractivity contribution in [1.29, 1.82) is 0 Å². The average Bonchev–Trinajstić information content (AvgIpc) is 1.37. The van der Waals surface area contributed by atoms with Crippen molar-refractivity contribution in [3.8, 4) is 117 Å². The van der Waals surface area contributed by atoms with Crippen LogP contribution in [0.25, 0.3) is 215 Å². The number of fused-ring (bicyclic) bond motifs is 12. The van der Waals surface area contributed by atoms with Crippen LogP contribution in [0.2, 0.25) is 0 Å². The number of furan rings is 2. The summed E-state index contributed by atoms with van der Waals surface area (Å²) in [6, 6.07) is 136. The van der Waals surface area contributed by atoms with E-state index in [2.05, 4.69) is 375 Å². The number of hydrogen-bond donors (Lipinski definition) is 0. The van der Waals surface area contributed by atoms with Gasteiger partial charge in [0.1, 0.15) is 22.7 Å². The minimum absolute atomic E-state index is 0.800. The van der Waals surface area contributed by atoms with Crippen LogP contribution in [-0.4, -0.2) is 4.57 Å². The molecular weight excluding hydrogens is 1250 g/mol. The molecule has 3 heteroatoms. The quantitative estimate of drug-likeness (QED) is 0.0955. The third kappa shape index (κ3) is 9.09. The van der Waals surface area contributed by atoms with Crippen LogP contribution in [-0.2, 0) is 0 Å². The molecule has 0 fully saturated rings. The van der Waals surface area contributed by atoms with Crippen LogP contribution in [0.3, 0.4) is 0 Å². The van der Waals surface area contributed by atoms with Crippen LogP contribution >= 0.6 is 0 Å². The fraction of sp³-hybridized carbons (Fsp3) is 0. The topological polar surface area (TPSA) is 31.2 Å². The van der Waals surface area contributed by atoms with E-state index in [1.54, 1.807) is 0 Å². The lowest BCUT2D eigenvalue weighted by Gasteiger charge is -2.29. The highest BCUT2D eigenvalue weighted by Gasteiger charge is 2.33. The summed E-state index contributed by atoms with van der Waals surface area (Å²) in [6.45, 7) is 0. The van der Waals surface area contributed by atoms with Crippen molar-refractivity contribution in [3.63, 3.8) is 0 Å². The monoisotopic (exact) mass is 1310 g/mol. The van der Waals surface area contributed by atoms with E-state index in [1.807, 2.05) is 0 Å². The summed E-state index contributed by atoms with van der Waals surface area (Å²) in [5, 5.41) is 16.5. The van der Waals surface area contributed by atoms with E-state index in [9.17, 15) is 0 Å². The van der Waals surface area contributed by atoms with Crippen molar-refractivity contribution in [2.45, 2.75) is 0 Å². The number of benzene rings is 18. The van der Waals surface area contributed by atoms with E-state index in [0.717, 1.165) is 128 Å². The Kier molecular flexibility index (Phi) is 13.3. The van der Waals surface area contributed by atoms with E-state index in [-0.39, 0.29) is 0 Å². The third-order valence-electron chi connectivity index (χ3n) is 21.5. The molecule has 0 spiro atoms. The molecule has 103 heavy (non-hydrogen) atoms. The summed E-state index contributed by atoms with van der Waals surface area (Å²) < 4.78 is 16.1. The van der Waals surface area contributed by atoms with Gasteiger partial charge in [0.25, 0.3) is 0 Å². The zero-order valence-electron chi connectivity index (χ0n) is 56.0. The Balaban J connectivity index is 0.985. The summed E-state index contributed by atoms with van der Waals surface area (Å²) in [6.07, 6.45) is 0. The SMILES string of the molecule is c1ccc(-c2ccc(-c3cccc(-c4c(-c5ccccc5)c(-c5ccccc5)c(-c5cccc(-n6c7ccccc7c7cc8c(cc76)oc6ccccc68)c5)c5c6cccc7c8c(-c9ccccc9)c(-c9ccccc9)c(-c9ccccc9)c(-c9ccccc9)c8c8cccc(c45)c8c76)c3)o2)cc1. The second kappa shape index (κ2) is 23.5. The predicted octanol–water partition coefficient (Wildman–Crippen LogP) is 28.1. The van der Waals surface area contributed by atoms with Crippen molar-refractivity contribution >= 4 is 97.6 Å². The Morgan fingerprint density at radius 3 is 0.981 bits per heavy atom. The lowest BCUT2D eigenvalue weighted by atomic mass is 9.73. The fourth-order valence-corrected chi connectivity index (χ4v) is 17.3. The van der Waals surface area contributed by atoms with E-state index in [1.165, 1.54) is 86.9 Å². The van der Waals surface area contributed by atoms with Crippen LogP contribution in [0.1, 0.15) is 0 Å². The molecule has 0 saturated carbocycles. The lowest BCUT2D eigenvalue weighted by molar-refractivity contribution is 0.597. The molecule has 0 bridgehead atoms. The van der Waals surface area contributed by atoms with Crippen LogP contribution in [0.4, 0.5) is 0 Å². The Labute approximate surface area is 594 Å². The lowest BCUT2D eigenvalue weighted by Crippen LogP contribution is -2.02. The van der Waals surface area contributed by atoms with Crippen molar-refractivity contribution in [2.24, 2.45) is 0 Å². The normalized spacial score (nSPS) is 11.9. The molecule has 0 saturated heterocycles. The first-order valence-electron chi connectivity index (χ1n) is 35.5. The molecule has 478 valence electrons. The molecule has 0 N–H and O–H groups in total. The molecule has 0 amide bonds. The van der Waals surface area contributed by atoms with Crippen molar-refractivity contribution in [1.82, 2.24) is 4.57 Å². The van der Waals surface area contributed by atoms with Crippen LogP contribution in [0, 0.1) is 0 Å². The van der Waals surface area contributed by atoms with Gasteiger partial charge in [-0.3, -0.25) is 0 Å². The van der Waals surface area contributed by atoms with Gasteiger partial charge in [-0.25, -0.2) is 0 Å². The van der Waals surface area contributed by atoms with Crippen molar-refractivity contribution in [2.75, 3.05) is 0 Å². The standard InChI is InChI=1S/C100H61NO2/c1-8-30-62(31-9-1)83-56-57-84(102-83)69-44-26-45-70(58-69)93-89(65-36-14-4-15-37-65)90(66-38-16-5-17-39-66)94(71-46-27-47-72(59-71)101-81-54-24-22-48-73(81)79-60-80-74-49-23-25-55-85(74)103-86(80)61-82(79)101)100-78-53-29-51-76-96(78)95-75(50-28-52-77(95)99(93)100)97-91(67-40-18-6-19-41-67)87(63-32-10-2-11-33-63)88(64-34-12-3-13-35-64)92(98(76)97)68-42-20-7-21-43-68/h1-61H. The molecule has 0 aliphatic heterocycles. The first kappa shape index (κ1) is 58.4. The molecule has 18 aromatic carbocycles. The minimum atomic E-state index is 0.800. The molecule has 0 aliphatic rings. The highest BCUT2D eigenvalue weighted by atomic mass is 16.3. The number of nitrogens with zero attached hydrogens (tertiary/aromatic N) is 1. The molecule has 0 radical (unpaired) electrons. The Morgan fingerprint density at radius 2 is 0.505 bits per heavy atom. The van der Waals surface area contributed by atoms with Crippen LogP contribution in [0.5, 0.6) is 0 Å². The smallest absolute Gasteiger partial charge is 0.137 e.